The van der Waals surface area contributed by atoms with Crippen molar-refractivity contribution in [1.29, 1.82) is 0 Å². The molecule has 102 valence electrons. The maximum Gasteiger partial charge on any atom is 0.325 e. The van der Waals surface area contributed by atoms with Gasteiger partial charge < -0.3 is 19.9 Å². The molecular formula is C13H15NO5. The average Bonchev–Trinajstić information content (AvgIpc) is 2.83. The molecule has 1 atom stereocenters. The highest BCUT2D eigenvalue weighted by atomic mass is 16.7. The third-order valence-corrected chi connectivity index (χ3v) is 2.83. The molecule has 1 amide bonds. The molecule has 0 saturated heterocycles. The average molecular weight is 265 g/mol. The summed E-state index contributed by atoms with van der Waals surface area (Å²) in [6.45, 7) is 1.65. The molecule has 0 aromatic heterocycles. The number of carbonyl (C=O) groups excluding carboxylic acids is 1. The summed E-state index contributed by atoms with van der Waals surface area (Å²) in [5.41, 5.74) is 0.947. The molecule has 2 rings (SSSR count). The molecule has 0 radical (unpaired) electrons. The smallest absolute Gasteiger partial charge is 0.325 e. The van der Waals surface area contributed by atoms with Crippen molar-refractivity contribution in [3.05, 3.63) is 23.8 Å². The first kappa shape index (κ1) is 13.2. The Balaban J connectivity index is 1.85. The summed E-state index contributed by atoms with van der Waals surface area (Å²) in [5, 5.41) is 11.1. The fourth-order valence-corrected chi connectivity index (χ4v) is 1.73. The zero-order chi connectivity index (χ0) is 13.8. The number of hydrogen-bond donors (Lipinski definition) is 2. The summed E-state index contributed by atoms with van der Waals surface area (Å²) in [6.07, 6.45) is 0.756. The maximum atomic E-state index is 11.5. The van der Waals surface area contributed by atoms with Crippen LogP contribution in [0.3, 0.4) is 0 Å². The maximum absolute atomic E-state index is 11.5. The highest BCUT2D eigenvalue weighted by molar-refractivity contribution is 5.83. The Morgan fingerprint density at radius 2 is 2.11 bits per heavy atom. The van der Waals surface area contributed by atoms with Gasteiger partial charge in [0, 0.05) is 6.42 Å². The van der Waals surface area contributed by atoms with E-state index >= 15 is 0 Å². The summed E-state index contributed by atoms with van der Waals surface area (Å²) >= 11 is 0. The van der Waals surface area contributed by atoms with Crippen LogP contribution < -0.4 is 14.8 Å². The van der Waals surface area contributed by atoms with E-state index in [0.717, 1.165) is 5.56 Å². The molecule has 19 heavy (non-hydrogen) atoms. The second-order valence-corrected chi connectivity index (χ2v) is 4.32. The van der Waals surface area contributed by atoms with Crippen LogP contribution in [0, 0.1) is 0 Å². The number of nitrogens with one attached hydrogen (secondary N) is 1. The van der Waals surface area contributed by atoms with Gasteiger partial charge in [0.1, 0.15) is 6.04 Å². The normalized spacial score (nSPS) is 13.9. The summed E-state index contributed by atoms with van der Waals surface area (Å²) in [4.78, 5) is 22.1. The van der Waals surface area contributed by atoms with Gasteiger partial charge in [0.2, 0.25) is 12.7 Å². The number of aryl methyl sites for hydroxylation is 1. The zero-order valence-electron chi connectivity index (χ0n) is 10.5. The van der Waals surface area contributed by atoms with Gasteiger partial charge in [-0.1, -0.05) is 6.07 Å². The van der Waals surface area contributed by atoms with Gasteiger partial charge in [0.05, 0.1) is 0 Å². The van der Waals surface area contributed by atoms with Gasteiger partial charge in [-0.25, -0.2) is 0 Å². The van der Waals surface area contributed by atoms with E-state index < -0.39 is 12.0 Å². The van der Waals surface area contributed by atoms with E-state index in [9.17, 15) is 9.59 Å². The monoisotopic (exact) mass is 265 g/mol. The summed E-state index contributed by atoms with van der Waals surface area (Å²) in [6, 6.07) is 4.62. The van der Waals surface area contributed by atoms with Crippen LogP contribution in [0.15, 0.2) is 18.2 Å². The van der Waals surface area contributed by atoms with E-state index in [1.807, 2.05) is 12.1 Å². The van der Waals surface area contributed by atoms with E-state index in [1.54, 1.807) is 6.07 Å². The number of rotatable bonds is 5. The second kappa shape index (κ2) is 5.60. The second-order valence-electron chi connectivity index (χ2n) is 4.32. The van der Waals surface area contributed by atoms with Crippen LogP contribution >= 0.6 is 0 Å². The Hall–Kier alpha value is -2.24. The van der Waals surface area contributed by atoms with Crippen molar-refractivity contribution in [2.45, 2.75) is 25.8 Å². The van der Waals surface area contributed by atoms with Crippen molar-refractivity contribution in [2.24, 2.45) is 0 Å². The predicted molar refractivity (Wildman–Crippen MR) is 66.1 cm³/mol. The van der Waals surface area contributed by atoms with Gasteiger partial charge in [-0.15, -0.1) is 0 Å². The molecule has 0 fully saturated rings. The van der Waals surface area contributed by atoms with E-state index in [0.29, 0.717) is 17.9 Å². The van der Waals surface area contributed by atoms with Crippen molar-refractivity contribution in [2.75, 3.05) is 6.79 Å². The predicted octanol–water partition coefficient (Wildman–Crippen LogP) is 0.937. The van der Waals surface area contributed by atoms with Crippen LogP contribution in [0.4, 0.5) is 0 Å². The molecule has 0 saturated carbocycles. The van der Waals surface area contributed by atoms with Crippen LogP contribution in [0.25, 0.3) is 0 Å². The summed E-state index contributed by atoms with van der Waals surface area (Å²) in [7, 11) is 0. The van der Waals surface area contributed by atoms with Crippen molar-refractivity contribution < 1.29 is 24.2 Å². The lowest BCUT2D eigenvalue weighted by Crippen LogP contribution is -2.38. The standard InChI is InChI=1S/C13H15NO5/c1-8(13(16)17)14-12(15)5-3-9-2-4-10-11(6-9)19-7-18-10/h2,4,6,8H,3,5,7H2,1H3,(H,14,15)(H,16,17)/t8-/m1/s1. The van der Waals surface area contributed by atoms with Crippen molar-refractivity contribution in [1.82, 2.24) is 5.32 Å². The van der Waals surface area contributed by atoms with E-state index in [2.05, 4.69) is 5.32 Å². The van der Waals surface area contributed by atoms with Gasteiger partial charge in [-0.05, 0) is 31.0 Å². The number of hydrogen-bond acceptors (Lipinski definition) is 4. The van der Waals surface area contributed by atoms with Gasteiger partial charge in [0.25, 0.3) is 0 Å². The summed E-state index contributed by atoms with van der Waals surface area (Å²) in [5.74, 6) is 0.0495. The van der Waals surface area contributed by atoms with E-state index in [4.69, 9.17) is 14.6 Å². The van der Waals surface area contributed by atoms with Crippen molar-refractivity contribution in [3.63, 3.8) is 0 Å². The van der Waals surface area contributed by atoms with Gasteiger partial charge in [0.15, 0.2) is 11.5 Å². The largest absolute Gasteiger partial charge is 0.480 e. The Kier molecular flexibility index (Phi) is 3.89. The Bertz CT molecular complexity index is 500. The molecule has 1 aromatic carbocycles. The quantitative estimate of drug-likeness (QED) is 0.827. The van der Waals surface area contributed by atoms with Gasteiger partial charge in [-0.3, -0.25) is 9.59 Å². The number of carboxylic acid groups (broad SMARTS) is 1. The first-order valence-electron chi connectivity index (χ1n) is 5.97. The number of aliphatic carboxylic acids is 1. The highest BCUT2D eigenvalue weighted by Crippen LogP contribution is 2.32. The third-order valence-electron chi connectivity index (χ3n) is 2.83. The lowest BCUT2D eigenvalue weighted by molar-refractivity contribution is -0.141. The fourth-order valence-electron chi connectivity index (χ4n) is 1.73. The molecule has 1 aromatic rings. The minimum atomic E-state index is -1.04. The Labute approximate surface area is 110 Å². The molecule has 1 aliphatic rings. The lowest BCUT2D eigenvalue weighted by atomic mass is 10.1. The number of carbonyl (C=O) groups is 2. The SMILES string of the molecule is C[C@@H](NC(=O)CCc1ccc2c(c1)OCO2)C(=O)O. The van der Waals surface area contributed by atoms with Crippen molar-refractivity contribution >= 4 is 11.9 Å². The number of amides is 1. The molecule has 6 heteroatoms. The fraction of sp³-hybridized carbons (Fsp3) is 0.385. The van der Waals surface area contributed by atoms with Crippen molar-refractivity contribution in [3.8, 4) is 11.5 Å². The van der Waals surface area contributed by atoms with Gasteiger partial charge >= 0.3 is 5.97 Å². The van der Waals surface area contributed by atoms with E-state index in [-0.39, 0.29) is 19.1 Å². The molecule has 0 aliphatic carbocycles. The molecule has 0 spiro atoms. The molecule has 6 nitrogen and oxygen atoms in total. The number of ether oxygens (including phenoxy) is 2. The van der Waals surface area contributed by atoms with Crippen LogP contribution in [-0.4, -0.2) is 29.8 Å². The minimum absolute atomic E-state index is 0.218. The van der Waals surface area contributed by atoms with Gasteiger partial charge in [-0.2, -0.15) is 0 Å². The Morgan fingerprint density at radius 1 is 1.37 bits per heavy atom. The first-order chi connectivity index (χ1) is 9.06. The first-order valence-corrected chi connectivity index (χ1v) is 5.97. The molecule has 1 aliphatic heterocycles. The molecule has 2 N–H and O–H groups in total. The number of carboxylic acids is 1. The molecular weight excluding hydrogens is 250 g/mol. The summed E-state index contributed by atoms with van der Waals surface area (Å²) < 4.78 is 10.4. The molecule has 0 bridgehead atoms. The van der Waals surface area contributed by atoms with E-state index in [1.165, 1.54) is 6.92 Å². The van der Waals surface area contributed by atoms with Crippen LogP contribution in [0.1, 0.15) is 18.9 Å². The zero-order valence-corrected chi connectivity index (χ0v) is 10.5. The number of benzene rings is 1. The highest BCUT2D eigenvalue weighted by Gasteiger charge is 2.15. The third kappa shape index (κ3) is 3.37. The topological polar surface area (TPSA) is 84.9 Å². The van der Waals surface area contributed by atoms with Crippen LogP contribution in [0.5, 0.6) is 11.5 Å². The lowest BCUT2D eigenvalue weighted by Gasteiger charge is -2.09. The molecule has 0 unspecified atom stereocenters. The minimum Gasteiger partial charge on any atom is -0.480 e. The number of fused-ring (bicyclic) bond motifs is 1. The Morgan fingerprint density at radius 3 is 2.84 bits per heavy atom. The molecule has 1 heterocycles. The van der Waals surface area contributed by atoms with Crippen LogP contribution in [0.2, 0.25) is 0 Å². The van der Waals surface area contributed by atoms with Crippen LogP contribution in [-0.2, 0) is 16.0 Å².